The van der Waals surface area contributed by atoms with Gasteiger partial charge in [0, 0.05) is 18.0 Å². The molecule has 4 rings (SSSR count). The van der Waals surface area contributed by atoms with Crippen LogP contribution >= 0.6 is 0 Å². The van der Waals surface area contributed by atoms with E-state index in [0.717, 1.165) is 56.4 Å². The van der Waals surface area contributed by atoms with Gasteiger partial charge in [-0.2, -0.15) is 4.98 Å². The first-order chi connectivity index (χ1) is 16.1. The van der Waals surface area contributed by atoms with Crippen LogP contribution in [0.4, 0.5) is 0 Å². The number of nitrogens with zero attached hydrogens (tertiary/aromatic N) is 3. The monoisotopic (exact) mass is 446 g/mol. The number of rotatable bonds is 9. The van der Waals surface area contributed by atoms with Crippen molar-refractivity contribution in [1.29, 1.82) is 0 Å². The van der Waals surface area contributed by atoms with Gasteiger partial charge in [-0.3, -0.25) is 9.69 Å². The molecule has 1 N–H and O–H groups in total. The van der Waals surface area contributed by atoms with Gasteiger partial charge in [-0.15, -0.1) is 0 Å². The highest BCUT2D eigenvalue weighted by atomic mass is 16.5. The van der Waals surface area contributed by atoms with Crippen LogP contribution in [0.2, 0.25) is 0 Å². The van der Waals surface area contributed by atoms with E-state index in [2.05, 4.69) is 51.5 Å². The SMILES string of the molecule is CCC(CNC(=O)C1CCN(Cc2nc(-c3ccccc3C)no2)CC1)Cc1ccccc1. The summed E-state index contributed by atoms with van der Waals surface area (Å²) in [6.45, 7) is 7.34. The highest BCUT2D eigenvalue weighted by Gasteiger charge is 2.26. The van der Waals surface area contributed by atoms with Crippen LogP contribution in [-0.2, 0) is 17.8 Å². The van der Waals surface area contributed by atoms with Crippen LogP contribution in [0.5, 0.6) is 0 Å². The summed E-state index contributed by atoms with van der Waals surface area (Å²) in [5, 5.41) is 7.37. The summed E-state index contributed by atoms with van der Waals surface area (Å²) in [5.41, 5.74) is 3.46. The van der Waals surface area contributed by atoms with Crippen LogP contribution in [0.15, 0.2) is 59.1 Å². The number of benzene rings is 2. The van der Waals surface area contributed by atoms with Crippen molar-refractivity contribution < 1.29 is 9.32 Å². The Labute approximate surface area is 196 Å². The number of amides is 1. The summed E-state index contributed by atoms with van der Waals surface area (Å²) in [4.78, 5) is 19.6. The Hall–Kier alpha value is -2.99. The van der Waals surface area contributed by atoms with Crippen LogP contribution in [0.1, 0.15) is 43.2 Å². The van der Waals surface area contributed by atoms with Gasteiger partial charge in [0.15, 0.2) is 0 Å². The molecule has 6 heteroatoms. The first-order valence-electron chi connectivity index (χ1n) is 12.0. The zero-order valence-corrected chi connectivity index (χ0v) is 19.7. The van der Waals surface area contributed by atoms with Gasteiger partial charge in [0.1, 0.15) is 0 Å². The van der Waals surface area contributed by atoms with E-state index in [9.17, 15) is 4.79 Å². The third-order valence-corrected chi connectivity index (χ3v) is 6.68. The largest absolute Gasteiger partial charge is 0.356 e. The lowest BCUT2D eigenvalue weighted by molar-refractivity contribution is -0.126. The molecule has 1 aliphatic rings. The van der Waals surface area contributed by atoms with Crippen molar-refractivity contribution in [3.63, 3.8) is 0 Å². The molecule has 6 nitrogen and oxygen atoms in total. The summed E-state index contributed by atoms with van der Waals surface area (Å²) in [5.74, 6) is 2.01. The minimum absolute atomic E-state index is 0.0840. The van der Waals surface area contributed by atoms with Gasteiger partial charge in [-0.1, -0.05) is 73.1 Å². The van der Waals surface area contributed by atoms with Crippen molar-refractivity contribution in [2.45, 2.75) is 46.1 Å². The number of aryl methyl sites for hydroxylation is 1. The molecule has 1 aliphatic heterocycles. The molecule has 1 saturated heterocycles. The van der Waals surface area contributed by atoms with Crippen molar-refractivity contribution in [2.75, 3.05) is 19.6 Å². The molecule has 0 spiro atoms. The Morgan fingerprint density at radius 3 is 2.58 bits per heavy atom. The van der Waals surface area contributed by atoms with Crippen LogP contribution < -0.4 is 5.32 Å². The lowest BCUT2D eigenvalue weighted by Crippen LogP contribution is -2.41. The van der Waals surface area contributed by atoms with Gasteiger partial charge in [0.2, 0.25) is 17.6 Å². The molecule has 2 aromatic carbocycles. The molecule has 1 unspecified atom stereocenters. The van der Waals surface area contributed by atoms with Crippen LogP contribution in [-0.4, -0.2) is 40.6 Å². The van der Waals surface area contributed by atoms with Gasteiger partial charge in [-0.05, 0) is 56.3 Å². The lowest BCUT2D eigenvalue weighted by Gasteiger charge is -2.30. The highest BCUT2D eigenvalue weighted by molar-refractivity contribution is 5.78. The van der Waals surface area contributed by atoms with Crippen LogP contribution in [0.25, 0.3) is 11.4 Å². The molecule has 2 heterocycles. The van der Waals surface area contributed by atoms with Gasteiger partial charge in [0.05, 0.1) is 6.54 Å². The molecule has 3 aromatic rings. The van der Waals surface area contributed by atoms with Crippen molar-refractivity contribution in [3.8, 4) is 11.4 Å². The number of hydrogen-bond acceptors (Lipinski definition) is 5. The topological polar surface area (TPSA) is 71.3 Å². The number of aromatic nitrogens is 2. The number of likely N-dealkylation sites (tertiary alicyclic amines) is 1. The van der Waals surface area contributed by atoms with Crippen molar-refractivity contribution in [3.05, 3.63) is 71.6 Å². The highest BCUT2D eigenvalue weighted by Crippen LogP contribution is 2.22. The zero-order valence-electron chi connectivity index (χ0n) is 19.7. The van der Waals surface area contributed by atoms with E-state index >= 15 is 0 Å². The van der Waals surface area contributed by atoms with E-state index in [1.807, 2.05) is 37.3 Å². The van der Waals surface area contributed by atoms with E-state index in [0.29, 0.717) is 24.2 Å². The van der Waals surface area contributed by atoms with Crippen molar-refractivity contribution >= 4 is 5.91 Å². The third kappa shape index (κ3) is 6.29. The predicted molar refractivity (Wildman–Crippen MR) is 129 cm³/mol. The molecule has 0 aliphatic carbocycles. The zero-order chi connectivity index (χ0) is 23.0. The van der Waals surface area contributed by atoms with Crippen LogP contribution in [0.3, 0.4) is 0 Å². The molecule has 33 heavy (non-hydrogen) atoms. The van der Waals surface area contributed by atoms with E-state index in [-0.39, 0.29) is 11.8 Å². The molecule has 0 radical (unpaired) electrons. The van der Waals surface area contributed by atoms with Gasteiger partial charge >= 0.3 is 0 Å². The number of piperidine rings is 1. The average molecular weight is 447 g/mol. The normalized spacial score (nSPS) is 15.9. The first-order valence-corrected chi connectivity index (χ1v) is 12.0. The van der Waals surface area contributed by atoms with E-state index in [1.54, 1.807) is 0 Å². The van der Waals surface area contributed by atoms with Crippen LogP contribution in [0, 0.1) is 18.8 Å². The minimum atomic E-state index is 0.0840. The van der Waals surface area contributed by atoms with E-state index in [4.69, 9.17) is 4.52 Å². The number of nitrogens with one attached hydrogen (secondary N) is 1. The Bertz CT molecular complexity index is 1030. The second kappa shape index (κ2) is 11.2. The fourth-order valence-electron chi connectivity index (χ4n) is 4.49. The molecule has 1 fully saturated rings. The molecule has 1 atom stereocenters. The number of carbonyl (C=O) groups is 1. The van der Waals surface area contributed by atoms with Gasteiger partial charge < -0.3 is 9.84 Å². The molecule has 1 amide bonds. The number of hydrogen-bond donors (Lipinski definition) is 1. The standard InChI is InChI=1S/C27H34N4O2/c1-3-21(17-22-10-5-4-6-11-22)18-28-27(32)23-13-15-31(16-14-23)19-25-29-26(30-33-25)24-12-8-7-9-20(24)2/h4-12,21,23H,3,13-19H2,1-2H3,(H,28,32). The number of carbonyl (C=O) groups excluding carboxylic acids is 1. The Morgan fingerprint density at radius 1 is 1.12 bits per heavy atom. The Kier molecular flexibility index (Phi) is 7.89. The van der Waals surface area contributed by atoms with Crippen molar-refractivity contribution in [2.24, 2.45) is 11.8 Å². The molecule has 174 valence electrons. The van der Waals surface area contributed by atoms with Gasteiger partial charge in [-0.25, -0.2) is 0 Å². The second-order valence-electron chi connectivity index (χ2n) is 9.09. The second-order valence-corrected chi connectivity index (χ2v) is 9.09. The molecule has 0 saturated carbocycles. The maximum atomic E-state index is 12.8. The quantitative estimate of drug-likeness (QED) is 0.518. The maximum absolute atomic E-state index is 12.8. The lowest BCUT2D eigenvalue weighted by atomic mass is 9.94. The predicted octanol–water partition coefficient (Wildman–Crippen LogP) is 4.64. The summed E-state index contributed by atoms with van der Waals surface area (Å²) >= 11 is 0. The maximum Gasteiger partial charge on any atom is 0.241 e. The first kappa shape index (κ1) is 23.2. The summed E-state index contributed by atoms with van der Waals surface area (Å²) in [6, 6.07) is 18.6. The molecular weight excluding hydrogens is 412 g/mol. The Morgan fingerprint density at radius 2 is 1.85 bits per heavy atom. The minimum Gasteiger partial charge on any atom is -0.356 e. The molecule has 0 bridgehead atoms. The van der Waals surface area contributed by atoms with E-state index in [1.165, 1.54) is 5.56 Å². The third-order valence-electron chi connectivity index (χ3n) is 6.68. The Balaban J connectivity index is 1.22. The summed E-state index contributed by atoms with van der Waals surface area (Å²) in [7, 11) is 0. The summed E-state index contributed by atoms with van der Waals surface area (Å²) < 4.78 is 5.50. The van der Waals surface area contributed by atoms with Crippen molar-refractivity contribution in [1.82, 2.24) is 20.4 Å². The fourth-order valence-corrected chi connectivity index (χ4v) is 4.49. The summed E-state index contributed by atoms with van der Waals surface area (Å²) in [6.07, 6.45) is 3.78. The van der Waals surface area contributed by atoms with Gasteiger partial charge in [0.25, 0.3) is 0 Å². The average Bonchev–Trinajstić information content (AvgIpc) is 3.31. The molecule has 1 aromatic heterocycles. The molecular formula is C27H34N4O2. The smallest absolute Gasteiger partial charge is 0.241 e. The fraction of sp³-hybridized carbons (Fsp3) is 0.444. The van der Waals surface area contributed by atoms with E-state index < -0.39 is 0 Å².